The Labute approximate surface area is 149 Å². The fourth-order valence-corrected chi connectivity index (χ4v) is 3.88. The molecule has 0 saturated carbocycles. The first-order valence-electron chi connectivity index (χ1n) is 8.18. The van der Waals surface area contributed by atoms with Gasteiger partial charge >= 0.3 is 5.97 Å². The van der Waals surface area contributed by atoms with Crippen LogP contribution in [-0.4, -0.2) is 21.5 Å². The number of rotatable bonds is 7. The standard InChI is InChI=1S/C19H23NO4S/c1-4-5-8-15-11-12-17(14(2)13-15)20-25(22,23)18-10-7-6-9-16(18)19(21)24-3/h6-7,9-13,20H,4-5,8H2,1-3H3. The zero-order valence-electron chi connectivity index (χ0n) is 14.7. The van der Waals surface area contributed by atoms with E-state index in [0.717, 1.165) is 24.8 Å². The van der Waals surface area contributed by atoms with E-state index in [1.165, 1.54) is 24.8 Å². The van der Waals surface area contributed by atoms with Crippen LogP contribution in [0.3, 0.4) is 0 Å². The largest absolute Gasteiger partial charge is 0.465 e. The number of aryl methyl sites for hydroxylation is 2. The molecule has 0 aromatic heterocycles. The molecule has 0 atom stereocenters. The van der Waals surface area contributed by atoms with E-state index in [1.807, 2.05) is 19.1 Å². The number of hydrogen-bond donors (Lipinski definition) is 1. The van der Waals surface area contributed by atoms with Crippen molar-refractivity contribution in [2.24, 2.45) is 0 Å². The molecule has 134 valence electrons. The van der Waals surface area contributed by atoms with Crippen LogP contribution in [0, 0.1) is 6.92 Å². The molecule has 2 rings (SSSR count). The highest BCUT2D eigenvalue weighted by Gasteiger charge is 2.23. The van der Waals surface area contributed by atoms with Gasteiger partial charge in [-0.2, -0.15) is 0 Å². The van der Waals surface area contributed by atoms with Crippen LogP contribution in [0.2, 0.25) is 0 Å². The molecule has 6 heteroatoms. The maximum absolute atomic E-state index is 12.7. The highest BCUT2D eigenvalue weighted by atomic mass is 32.2. The van der Waals surface area contributed by atoms with Gasteiger partial charge in [-0.3, -0.25) is 4.72 Å². The Hall–Kier alpha value is -2.34. The van der Waals surface area contributed by atoms with Crippen molar-refractivity contribution in [1.29, 1.82) is 0 Å². The first kappa shape index (κ1) is 19.0. The topological polar surface area (TPSA) is 72.5 Å². The molecular weight excluding hydrogens is 338 g/mol. The average molecular weight is 361 g/mol. The number of carbonyl (C=O) groups is 1. The zero-order valence-corrected chi connectivity index (χ0v) is 15.5. The van der Waals surface area contributed by atoms with Crippen LogP contribution in [0.15, 0.2) is 47.4 Å². The predicted octanol–water partition coefficient (Wildman–Crippen LogP) is 3.93. The van der Waals surface area contributed by atoms with Crippen LogP contribution in [0.4, 0.5) is 5.69 Å². The fourth-order valence-electron chi connectivity index (χ4n) is 2.56. The molecule has 1 N–H and O–H groups in total. The van der Waals surface area contributed by atoms with Crippen molar-refractivity contribution in [2.75, 3.05) is 11.8 Å². The summed E-state index contributed by atoms with van der Waals surface area (Å²) in [7, 11) is -2.68. The van der Waals surface area contributed by atoms with Gasteiger partial charge in [0.2, 0.25) is 0 Å². The van der Waals surface area contributed by atoms with Gasteiger partial charge < -0.3 is 4.74 Å². The maximum Gasteiger partial charge on any atom is 0.339 e. The third-order valence-corrected chi connectivity index (χ3v) is 5.36. The minimum absolute atomic E-state index is 0.00900. The third kappa shape index (κ3) is 4.60. The van der Waals surface area contributed by atoms with Crippen LogP contribution in [0.5, 0.6) is 0 Å². The molecule has 2 aromatic carbocycles. The van der Waals surface area contributed by atoms with Crippen LogP contribution < -0.4 is 4.72 Å². The lowest BCUT2D eigenvalue weighted by atomic mass is 10.1. The van der Waals surface area contributed by atoms with E-state index < -0.39 is 16.0 Å². The molecule has 0 saturated heterocycles. The van der Waals surface area contributed by atoms with E-state index in [1.54, 1.807) is 18.2 Å². The number of sulfonamides is 1. The van der Waals surface area contributed by atoms with E-state index in [4.69, 9.17) is 0 Å². The summed E-state index contributed by atoms with van der Waals surface area (Å²) < 4.78 is 32.7. The van der Waals surface area contributed by atoms with Gasteiger partial charge in [0.25, 0.3) is 10.0 Å². The van der Waals surface area contributed by atoms with Crippen molar-refractivity contribution >= 4 is 21.7 Å². The van der Waals surface area contributed by atoms with E-state index in [9.17, 15) is 13.2 Å². The van der Waals surface area contributed by atoms with E-state index >= 15 is 0 Å². The van der Waals surface area contributed by atoms with Crippen molar-refractivity contribution in [3.05, 3.63) is 59.2 Å². The van der Waals surface area contributed by atoms with Gasteiger partial charge in [0.15, 0.2) is 0 Å². The first-order chi connectivity index (χ1) is 11.9. The molecule has 0 amide bonds. The maximum atomic E-state index is 12.7. The first-order valence-corrected chi connectivity index (χ1v) is 9.67. The van der Waals surface area contributed by atoms with Gasteiger partial charge in [-0.15, -0.1) is 0 Å². The van der Waals surface area contributed by atoms with E-state index in [0.29, 0.717) is 5.69 Å². The SMILES string of the molecule is CCCCc1ccc(NS(=O)(=O)c2ccccc2C(=O)OC)c(C)c1. The van der Waals surface area contributed by atoms with Crippen molar-refractivity contribution in [3.63, 3.8) is 0 Å². The van der Waals surface area contributed by atoms with Gasteiger partial charge in [-0.25, -0.2) is 13.2 Å². The Bertz CT molecular complexity index is 859. The number of carbonyl (C=O) groups excluding carboxylic acids is 1. The highest BCUT2D eigenvalue weighted by Crippen LogP contribution is 2.24. The number of methoxy groups -OCH3 is 1. The number of ether oxygens (including phenoxy) is 1. The summed E-state index contributed by atoms with van der Waals surface area (Å²) in [4.78, 5) is 11.7. The fraction of sp³-hybridized carbons (Fsp3) is 0.316. The lowest BCUT2D eigenvalue weighted by Gasteiger charge is -2.14. The minimum atomic E-state index is -3.90. The normalized spacial score (nSPS) is 11.2. The summed E-state index contributed by atoms with van der Waals surface area (Å²) in [5.74, 6) is -0.687. The van der Waals surface area contributed by atoms with Gasteiger partial charge in [0.05, 0.1) is 18.4 Å². The molecule has 0 spiro atoms. The second-order valence-corrected chi connectivity index (χ2v) is 7.50. The molecule has 0 aliphatic heterocycles. The smallest absolute Gasteiger partial charge is 0.339 e. The number of anilines is 1. The van der Waals surface area contributed by atoms with Crippen molar-refractivity contribution in [3.8, 4) is 0 Å². The Morgan fingerprint density at radius 1 is 1.16 bits per heavy atom. The quantitative estimate of drug-likeness (QED) is 0.759. The summed E-state index contributed by atoms with van der Waals surface area (Å²) >= 11 is 0. The molecule has 0 unspecified atom stereocenters. The van der Waals surface area contributed by atoms with Crippen molar-refractivity contribution in [2.45, 2.75) is 38.0 Å². The summed E-state index contributed by atoms with van der Waals surface area (Å²) in [5.41, 5.74) is 2.53. The van der Waals surface area contributed by atoms with Crippen LogP contribution in [0.25, 0.3) is 0 Å². The molecule has 0 bridgehead atoms. The third-order valence-electron chi connectivity index (χ3n) is 3.94. The molecule has 25 heavy (non-hydrogen) atoms. The van der Waals surface area contributed by atoms with Gasteiger partial charge in [0, 0.05) is 0 Å². The molecule has 0 heterocycles. The molecule has 2 aromatic rings. The lowest BCUT2D eigenvalue weighted by molar-refractivity contribution is 0.0596. The second kappa shape index (κ2) is 8.16. The number of hydrogen-bond acceptors (Lipinski definition) is 4. The van der Waals surface area contributed by atoms with Gasteiger partial charge in [-0.05, 0) is 49.1 Å². The average Bonchev–Trinajstić information content (AvgIpc) is 2.61. The van der Waals surface area contributed by atoms with Crippen LogP contribution >= 0.6 is 0 Å². The number of unbranched alkanes of at least 4 members (excludes halogenated alkanes) is 1. The monoisotopic (exact) mass is 361 g/mol. The summed E-state index contributed by atoms with van der Waals surface area (Å²) in [6.45, 7) is 3.99. The van der Waals surface area contributed by atoms with E-state index in [2.05, 4.69) is 16.4 Å². The van der Waals surface area contributed by atoms with Gasteiger partial charge in [-0.1, -0.05) is 37.6 Å². The number of benzene rings is 2. The van der Waals surface area contributed by atoms with Crippen LogP contribution in [-0.2, 0) is 21.2 Å². The molecular formula is C19H23NO4S. The Morgan fingerprint density at radius 3 is 2.52 bits per heavy atom. The van der Waals surface area contributed by atoms with E-state index in [-0.39, 0.29) is 10.5 Å². The Kier molecular flexibility index (Phi) is 6.20. The number of esters is 1. The second-order valence-electron chi connectivity index (χ2n) is 5.85. The summed E-state index contributed by atoms with van der Waals surface area (Å²) in [6, 6.07) is 11.7. The van der Waals surface area contributed by atoms with Gasteiger partial charge in [0.1, 0.15) is 4.90 Å². The molecule has 0 radical (unpaired) electrons. The zero-order chi connectivity index (χ0) is 18.4. The molecule has 0 fully saturated rings. The lowest BCUT2D eigenvalue weighted by Crippen LogP contribution is -2.18. The summed E-state index contributed by atoms with van der Waals surface area (Å²) in [6.07, 6.45) is 3.17. The molecule has 5 nitrogen and oxygen atoms in total. The van der Waals surface area contributed by atoms with Crippen LogP contribution in [0.1, 0.15) is 41.3 Å². The Morgan fingerprint density at radius 2 is 1.88 bits per heavy atom. The van der Waals surface area contributed by atoms with Crippen molar-refractivity contribution < 1.29 is 17.9 Å². The predicted molar refractivity (Wildman–Crippen MR) is 98.4 cm³/mol. The van der Waals surface area contributed by atoms with Crippen molar-refractivity contribution in [1.82, 2.24) is 0 Å². The molecule has 0 aliphatic rings. The number of nitrogens with one attached hydrogen (secondary N) is 1. The minimum Gasteiger partial charge on any atom is -0.465 e. The Balaban J connectivity index is 2.32. The summed E-state index contributed by atoms with van der Waals surface area (Å²) in [5, 5.41) is 0. The highest BCUT2D eigenvalue weighted by molar-refractivity contribution is 7.92. The molecule has 0 aliphatic carbocycles.